The van der Waals surface area contributed by atoms with Gasteiger partial charge in [-0.1, -0.05) is 223 Å². The third-order valence-corrected chi connectivity index (χ3v) is 12.6. The number of unbranched alkanes of at least 4 members (excludes halogenated alkanes) is 26. The van der Waals surface area contributed by atoms with Crippen LogP contribution in [-0.2, 0) is 37.5 Å². The van der Waals surface area contributed by atoms with Crippen molar-refractivity contribution >= 4 is 22.7 Å². The predicted molar refractivity (Wildman–Crippen MR) is 295 cm³/mol. The summed E-state index contributed by atoms with van der Waals surface area (Å²) in [6, 6.07) is 35.6. The van der Waals surface area contributed by atoms with Crippen LogP contribution in [0.2, 0.25) is 0 Å². The Balaban J connectivity index is 0.000000400. The smallest absolute Gasteiger partial charge is 0.221 e. The first-order chi connectivity index (χ1) is 34.5. The minimum absolute atomic E-state index is 0.809. The van der Waals surface area contributed by atoms with Crippen molar-refractivity contribution in [2.24, 2.45) is 0 Å². The van der Waals surface area contributed by atoms with Crippen molar-refractivity contribution in [3.63, 3.8) is 0 Å². The first kappa shape index (κ1) is 61.7. The summed E-state index contributed by atoms with van der Waals surface area (Å²) < 4.78 is 29.7. The summed E-state index contributed by atoms with van der Waals surface area (Å²) in [5.74, 6) is 0. The standard InChI is InChI=1S/2C28H45N2.C5H5N.H2O3S/c2*1-2-3-4-5-6-7-8-9-10-11-12-13-14-16-19-27-22-24-30(25-23-27)26-29-28-20-17-15-18-21-28;1-2-4-6-5-3-1;1-4(2)3/h2*15,17-18,20-25,29H,2-14,16,19,26H2,1H3;1-5H;(H2,1,2,3)/q2*+1;;/p-2. The Hall–Kier alpha value is -4.44. The summed E-state index contributed by atoms with van der Waals surface area (Å²) >= 11 is -3.11. The summed E-state index contributed by atoms with van der Waals surface area (Å²) in [7, 11) is 0. The lowest BCUT2D eigenvalue weighted by Gasteiger charge is -2.04. The molecule has 2 aromatic carbocycles. The van der Waals surface area contributed by atoms with E-state index >= 15 is 0 Å². The third kappa shape index (κ3) is 39.3. The number of anilines is 2. The maximum Gasteiger partial charge on any atom is 0.221 e. The lowest BCUT2D eigenvalue weighted by atomic mass is 10.0. The number of aromatic nitrogens is 3. The van der Waals surface area contributed by atoms with E-state index in [1.54, 1.807) is 12.4 Å². The van der Waals surface area contributed by atoms with E-state index in [9.17, 15) is 0 Å². The number of hydrogen-bond donors (Lipinski definition) is 2. The van der Waals surface area contributed by atoms with Crippen molar-refractivity contribution in [3.8, 4) is 0 Å². The Labute approximate surface area is 430 Å². The molecule has 0 amide bonds. The molecule has 0 atom stereocenters. The van der Waals surface area contributed by atoms with Gasteiger partial charge < -0.3 is 19.7 Å². The average molecular weight is 979 g/mol. The Morgan fingerprint density at radius 2 is 0.643 bits per heavy atom. The molecule has 0 aliphatic rings. The van der Waals surface area contributed by atoms with Crippen molar-refractivity contribution in [3.05, 3.63) is 151 Å². The van der Waals surface area contributed by atoms with Crippen LogP contribution in [0.4, 0.5) is 11.4 Å². The molecule has 70 heavy (non-hydrogen) atoms. The molecular weight excluding hydrogens is 883 g/mol. The van der Waals surface area contributed by atoms with Crippen molar-refractivity contribution in [1.82, 2.24) is 4.98 Å². The third-order valence-electron chi connectivity index (χ3n) is 12.6. The summed E-state index contributed by atoms with van der Waals surface area (Å²) in [5, 5.41) is 6.88. The lowest BCUT2D eigenvalue weighted by molar-refractivity contribution is -0.691. The Morgan fingerprint density at radius 3 is 0.886 bits per heavy atom. The van der Waals surface area contributed by atoms with Crippen LogP contribution >= 0.6 is 0 Å². The zero-order valence-electron chi connectivity index (χ0n) is 43.9. The van der Waals surface area contributed by atoms with Crippen molar-refractivity contribution in [2.45, 2.75) is 220 Å². The fraction of sp³-hybridized carbons (Fsp3) is 0.557. The van der Waals surface area contributed by atoms with Gasteiger partial charge in [0, 0.05) is 48.0 Å². The molecule has 0 saturated heterocycles. The largest absolute Gasteiger partial charge is 0.784 e. The number of benzene rings is 2. The minimum atomic E-state index is -3.11. The molecule has 2 N–H and O–H groups in total. The molecule has 388 valence electrons. The van der Waals surface area contributed by atoms with Crippen LogP contribution in [0.1, 0.15) is 205 Å². The van der Waals surface area contributed by atoms with E-state index < -0.39 is 11.4 Å². The van der Waals surface area contributed by atoms with Crippen LogP contribution in [0.15, 0.2) is 140 Å². The second kappa shape index (κ2) is 46.9. The molecular formula is C61H95N5O3S. The van der Waals surface area contributed by atoms with Gasteiger partial charge in [-0.05, 0) is 73.2 Å². The second-order valence-electron chi connectivity index (χ2n) is 18.8. The summed E-state index contributed by atoms with van der Waals surface area (Å²) in [5.41, 5.74) is 5.25. The molecule has 0 fully saturated rings. The fourth-order valence-corrected chi connectivity index (χ4v) is 8.36. The Bertz CT molecular complexity index is 1690. The van der Waals surface area contributed by atoms with Gasteiger partial charge in [0.1, 0.15) is 0 Å². The number of nitrogens with zero attached hydrogens (tertiary/aromatic N) is 3. The van der Waals surface area contributed by atoms with E-state index in [2.05, 4.69) is 136 Å². The second-order valence-corrected chi connectivity index (χ2v) is 19.2. The van der Waals surface area contributed by atoms with Gasteiger partial charge in [-0.2, -0.15) is 9.13 Å². The first-order valence-electron chi connectivity index (χ1n) is 27.7. The first-order valence-corrected chi connectivity index (χ1v) is 28.7. The molecule has 0 aliphatic carbocycles. The van der Waals surface area contributed by atoms with Crippen LogP contribution in [-0.4, -0.2) is 18.3 Å². The lowest BCUT2D eigenvalue weighted by Crippen LogP contribution is -2.36. The highest BCUT2D eigenvalue weighted by atomic mass is 32.2. The highest BCUT2D eigenvalue weighted by molar-refractivity contribution is 7.72. The molecule has 0 radical (unpaired) electrons. The van der Waals surface area contributed by atoms with E-state index in [1.165, 1.54) is 204 Å². The highest BCUT2D eigenvalue weighted by Gasteiger charge is 2.03. The maximum absolute atomic E-state index is 8.44. The summed E-state index contributed by atoms with van der Waals surface area (Å²) in [6.07, 6.45) is 54.6. The molecule has 3 aromatic heterocycles. The van der Waals surface area contributed by atoms with Crippen LogP contribution in [0, 0.1) is 0 Å². The molecule has 8 nitrogen and oxygen atoms in total. The molecule has 3 heterocycles. The summed E-state index contributed by atoms with van der Waals surface area (Å²) in [6.45, 7) is 6.21. The van der Waals surface area contributed by atoms with Gasteiger partial charge in [0.2, 0.25) is 13.3 Å². The SMILES string of the molecule is CCCCCCCCCCCCCCCCc1cc[n+](CNc2ccccc2)cc1.CCCCCCCCCCCCCCCCc1cc[n+](CNc2ccccc2)cc1.O=S([O-])[O-].c1ccncc1. The van der Waals surface area contributed by atoms with Crippen LogP contribution in [0.3, 0.4) is 0 Å². The molecule has 9 heteroatoms. The number of hydrogen-bond acceptors (Lipinski definition) is 6. The minimum Gasteiger partial charge on any atom is -0.784 e. The molecule has 0 unspecified atom stereocenters. The number of pyridine rings is 3. The number of aryl methyl sites for hydroxylation is 2. The van der Waals surface area contributed by atoms with Gasteiger partial charge in [-0.3, -0.25) is 9.19 Å². The molecule has 0 saturated carbocycles. The van der Waals surface area contributed by atoms with Gasteiger partial charge in [0.15, 0.2) is 24.8 Å². The van der Waals surface area contributed by atoms with Gasteiger partial charge in [0.25, 0.3) is 0 Å². The van der Waals surface area contributed by atoms with E-state index in [0.717, 1.165) is 24.7 Å². The van der Waals surface area contributed by atoms with Crippen LogP contribution in [0.5, 0.6) is 0 Å². The molecule has 0 bridgehead atoms. The number of rotatable bonds is 36. The van der Waals surface area contributed by atoms with Gasteiger partial charge in [-0.15, -0.1) is 11.4 Å². The Kier molecular flexibility index (Phi) is 41.3. The zero-order chi connectivity index (χ0) is 50.1. The van der Waals surface area contributed by atoms with Crippen molar-refractivity contribution in [2.75, 3.05) is 10.6 Å². The molecule has 5 rings (SSSR count). The monoisotopic (exact) mass is 978 g/mol. The highest BCUT2D eigenvalue weighted by Crippen LogP contribution is 2.16. The van der Waals surface area contributed by atoms with Gasteiger partial charge >= 0.3 is 0 Å². The van der Waals surface area contributed by atoms with Crippen molar-refractivity contribution < 1.29 is 22.4 Å². The van der Waals surface area contributed by atoms with E-state index in [-0.39, 0.29) is 0 Å². The predicted octanol–water partition coefficient (Wildman–Crippen LogP) is 16.2. The van der Waals surface area contributed by atoms with Crippen LogP contribution < -0.4 is 19.8 Å². The number of nitrogens with one attached hydrogen (secondary N) is 2. The molecule has 0 aliphatic heterocycles. The maximum atomic E-state index is 8.44. The molecule has 0 spiro atoms. The van der Waals surface area contributed by atoms with Gasteiger partial charge in [-0.25, -0.2) is 0 Å². The number of para-hydroxylation sites is 2. The quantitative estimate of drug-likeness (QED) is 0.0235. The Morgan fingerprint density at radius 1 is 0.386 bits per heavy atom. The van der Waals surface area contributed by atoms with Gasteiger partial charge in [0.05, 0.1) is 0 Å². The van der Waals surface area contributed by atoms with Crippen molar-refractivity contribution in [1.29, 1.82) is 0 Å². The topological polar surface area (TPSA) is 108 Å². The van der Waals surface area contributed by atoms with E-state index in [0.29, 0.717) is 0 Å². The van der Waals surface area contributed by atoms with Crippen LogP contribution in [0.25, 0.3) is 0 Å². The summed E-state index contributed by atoms with van der Waals surface area (Å²) in [4.78, 5) is 3.78. The normalized spacial score (nSPS) is 10.6. The van der Waals surface area contributed by atoms with E-state index in [4.69, 9.17) is 13.3 Å². The van der Waals surface area contributed by atoms with E-state index in [1.807, 2.05) is 30.3 Å². The fourth-order valence-electron chi connectivity index (χ4n) is 8.36. The molecule has 5 aromatic rings. The zero-order valence-corrected chi connectivity index (χ0v) is 44.7. The average Bonchev–Trinajstić information content (AvgIpc) is 3.39.